The van der Waals surface area contributed by atoms with Crippen molar-refractivity contribution >= 4 is 5.97 Å². The number of rotatable bonds is 2. The predicted molar refractivity (Wildman–Crippen MR) is 51.0 cm³/mol. The molecule has 1 aliphatic rings. The van der Waals surface area contributed by atoms with Crippen LogP contribution in [0, 0.1) is 0 Å². The van der Waals surface area contributed by atoms with E-state index in [-0.39, 0.29) is 0 Å². The molecule has 14 heavy (non-hydrogen) atoms. The lowest BCUT2D eigenvalue weighted by Gasteiger charge is -2.32. The van der Waals surface area contributed by atoms with Crippen LogP contribution in [0.1, 0.15) is 37.7 Å². The normalized spacial score (nSPS) is 20.6. The van der Waals surface area contributed by atoms with Crippen molar-refractivity contribution in [1.29, 1.82) is 0 Å². The largest absolute Gasteiger partial charge is 0.481 e. The number of carboxylic acids is 1. The Kier molecular flexibility index (Phi) is 2.27. The van der Waals surface area contributed by atoms with E-state index in [2.05, 4.69) is 10.2 Å². The van der Waals surface area contributed by atoms with Crippen LogP contribution in [0.25, 0.3) is 0 Å². The maximum atomic E-state index is 11.3. The number of carboxylic acid groups (broad SMARTS) is 1. The molecule has 0 aromatic carbocycles. The standard InChI is InChI=1S/C10H14N2O2/c13-9(14)10(4-2-1-3-5-10)8-6-11-12-7-8/h6-7H,1-5H2,(H,11,12)(H,13,14). The lowest BCUT2D eigenvalue weighted by atomic mass is 9.70. The number of nitrogens with zero attached hydrogens (tertiary/aromatic N) is 1. The minimum Gasteiger partial charge on any atom is -0.481 e. The quantitative estimate of drug-likeness (QED) is 0.753. The summed E-state index contributed by atoms with van der Waals surface area (Å²) in [4.78, 5) is 11.3. The van der Waals surface area contributed by atoms with Crippen LogP contribution in [0.15, 0.2) is 12.4 Å². The van der Waals surface area contributed by atoms with Gasteiger partial charge in [-0.05, 0) is 12.8 Å². The van der Waals surface area contributed by atoms with Gasteiger partial charge in [0.25, 0.3) is 0 Å². The number of aliphatic carboxylic acids is 1. The second kappa shape index (κ2) is 3.44. The molecule has 1 aromatic rings. The fourth-order valence-electron chi connectivity index (χ4n) is 2.29. The summed E-state index contributed by atoms with van der Waals surface area (Å²) in [6.45, 7) is 0. The van der Waals surface area contributed by atoms with Crippen molar-refractivity contribution in [1.82, 2.24) is 10.2 Å². The lowest BCUT2D eigenvalue weighted by Crippen LogP contribution is -2.37. The van der Waals surface area contributed by atoms with Crippen molar-refractivity contribution in [3.8, 4) is 0 Å². The summed E-state index contributed by atoms with van der Waals surface area (Å²) in [5, 5.41) is 15.8. The number of aromatic nitrogens is 2. The Balaban J connectivity index is 2.35. The van der Waals surface area contributed by atoms with Crippen molar-refractivity contribution in [2.75, 3.05) is 0 Å². The second-order valence-electron chi connectivity index (χ2n) is 3.93. The third kappa shape index (κ3) is 1.31. The SMILES string of the molecule is O=C(O)C1(c2cn[nH]c2)CCCCC1. The first-order chi connectivity index (χ1) is 6.76. The fraction of sp³-hybridized carbons (Fsp3) is 0.600. The van der Waals surface area contributed by atoms with E-state index in [4.69, 9.17) is 0 Å². The monoisotopic (exact) mass is 194 g/mol. The minimum atomic E-state index is -0.710. The number of carbonyl (C=O) groups is 1. The van der Waals surface area contributed by atoms with Gasteiger partial charge < -0.3 is 5.11 Å². The first-order valence-electron chi connectivity index (χ1n) is 4.98. The Bertz CT molecular complexity index is 313. The molecule has 0 radical (unpaired) electrons. The summed E-state index contributed by atoms with van der Waals surface area (Å²) in [6.07, 6.45) is 7.96. The van der Waals surface area contributed by atoms with Gasteiger partial charge in [0, 0.05) is 11.8 Å². The summed E-state index contributed by atoms with van der Waals surface area (Å²) < 4.78 is 0. The van der Waals surface area contributed by atoms with Crippen molar-refractivity contribution < 1.29 is 9.90 Å². The number of hydrogen-bond donors (Lipinski definition) is 2. The van der Waals surface area contributed by atoms with Crippen molar-refractivity contribution in [3.63, 3.8) is 0 Å². The molecule has 2 N–H and O–H groups in total. The van der Waals surface area contributed by atoms with Gasteiger partial charge in [-0.2, -0.15) is 5.10 Å². The van der Waals surface area contributed by atoms with Gasteiger partial charge in [-0.15, -0.1) is 0 Å². The van der Waals surface area contributed by atoms with Gasteiger partial charge >= 0.3 is 5.97 Å². The second-order valence-corrected chi connectivity index (χ2v) is 3.93. The third-order valence-corrected chi connectivity index (χ3v) is 3.17. The van der Waals surface area contributed by atoms with E-state index < -0.39 is 11.4 Å². The molecule has 1 saturated carbocycles. The average Bonchev–Trinajstić information content (AvgIpc) is 2.72. The van der Waals surface area contributed by atoms with Gasteiger partial charge in [-0.25, -0.2) is 0 Å². The van der Waals surface area contributed by atoms with Crippen LogP contribution >= 0.6 is 0 Å². The number of H-pyrrole nitrogens is 1. The summed E-state index contributed by atoms with van der Waals surface area (Å²) in [6, 6.07) is 0. The van der Waals surface area contributed by atoms with E-state index in [0.717, 1.165) is 37.7 Å². The average molecular weight is 194 g/mol. The van der Waals surface area contributed by atoms with E-state index in [0.29, 0.717) is 0 Å². The number of nitrogens with one attached hydrogen (secondary N) is 1. The van der Waals surface area contributed by atoms with Crippen LogP contribution < -0.4 is 0 Å². The molecule has 1 aromatic heterocycles. The highest BCUT2D eigenvalue weighted by molar-refractivity contribution is 5.81. The van der Waals surface area contributed by atoms with Gasteiger partial charge in [0.1, 0.15) is 0 Å². The molecule has 2 rings (SSSR count). The van der Waals surface area contributed by atoms with E-state index in [1.54, 1.807) is 12.4 Å². The topological polar surface area (TPSA) is 66.0 Å². The fourth-order valence-corrected chi connectivity index (χ4v) is 2.29. The first kappa shape index (κ1) is 9.24. The van der Waals surface area contributed by atoms with Crippen molar-refractivity contribution in [2.24, 2.45) is 0 Å². The Morgan fingerprint density at radius 1 is 1.43 bits per heavy atom. The molecular weight excluding hydrogens is 180 g/mol. The Morgan fingerprint density at radius 2 is 2.14 bits per heavy atom. The van der Waals surface area contributed by atoms with E-state index in [1.165, 1.54) is 0 Å². The van der Waals surface area contributed by atoms with Gasteiger partial charge in [-0.1, -0.05) is 19.3 Å². The predicted octanol–water partition coefficient (Wildman–Crippen LogP) is 1.70. The Hall–Kier alpha value is -1.32. The molecule has 76 valence electrons. The molecule has 4 nitrogen and oxygen atoms in total. The molecule has 0 aliphatic heterocycles. The molecule has 0 amide bonds. The molecule has 0 atom stereocenters. The highest BCUT2D eigenvalue weighted by atomic mass is 16.4. The smallest absolute Gasteiger partial charge is 0.314 e. The minimum absolute atomic E-state index is 0.675. The highest BCUT2D eigenvalue weighted by Crippen LogP contribution is 2.39. The van der Waals surface area contributed by atoms with Crippen LogP contribution in [-0.4, -0.2) is 21.3 Å². The Morgan fingerprint density at radius 3 is 2.64 bits per heavy atom. The molecule has 0 unspecified atom stereocenters. The summed E-state index contributed by atoms with van der Waals surface area (Å²) in [7, 11) is 0. The molecule has 1 heterocycles. The molecule has 4 heteroatoms. The molecule has 1 aliphatic carbocycles. The zero-order chi connectivity index (χ0) is 10.0. The van der Waals surface area contributed by atoms with Gasteiger partial charge in [0.05, 0.1) is 11.6 Å². The summed E-state index contributed by atoms with van der Waals surface area (Å²) in [5.41, 5.74) is 0.148. The number of aromatic amines is 1. The van der Waals surface area contributed by atoms with Crippen LogP contribution in [0.5, 0.6) is 0 Å². The first-order valence-corrected chi connectivity index (χ1v) is 4.98. The summed E-state index contributed by atoms with van der Waals surface area (Å²) >= 11 is 0. The van der Waals surface area contributed by atoms with Crippen LogP contribution in [0.3, 0.4) is 0 Å². The number of hydrogen-bond acceptors (Lipinski definition) is 2. The lowest BCUT2D eigenvalue weighted by molar-refractivity contribution is -0.145. The van der Waals surface area contributed by atoms with Crippen LogP contribution in [0.4, 0.5) is 0 Å². The van der Waals surface area contributed by atoms with E-state index in [1.807, 2.05) is 0 Å². The van der Waals surface area contributed by atoms with Crippen LogP contribution in [0.2, 0.25) is 0 Å². The van der Waals surface area contributed by atoms with E-state index in [9.17, 15) is 9.90 Å². The molecule has 1 fully saturated rings. The maximum absolute atomic E-state index is 11.3. The molecular formula is C10H14N2O2. The Labute approximate surface area is 82.3 Å². The zero-order valence-corrected chi connectivity index (χ0v) is 7.99. The highest BCUT2D eigenvalue weighted by Gasteiger charge is 2.41. The third-order valence-electron chi connectivity index (χ3n) is 3.17. The molecule has 0 spiro atoms. The molecule has 0 saturated heterocycles. The van der Waals surface area contributed by atoms with Gasteiger partial charge in [0.2, 0.25) is 0 Å². The van der Waals surface area contributed by atoms with Gasteiger partial charge in [-0.3, -0.25) is 9.89 Å². The van der Waals surface area contributed by atoms with Crippen molar-refractivity contribution in [3.05, 3.63) is 18.0 Å². The maximum Gasteiger partial charge on any atom is 0.314 e. The molecule has 0 bridgehead atoms. The van der Waals surface area contributed by atoms with Gasteiger partial charge in [0.15, 0.2) is 0 Å². The summed E-state index contributed by atoms with van der Waals surface area (Å²) in [5.74, 6) is -0.710. The van der Waals surface area contributed by atoms with Crippen molar-refractivity contribution in [2.45, 2.75) is 37.5 Å². The zero-order valence-electron chi connectivity index (χ0n) is 7.99. The van der Waals surface area contributed by atoms with E-state index >= 15 is 0 Å². The van der Waals surface area contributed by atoms with Crippen LogP contribution in [-0.2, 0) is 10.2 Å².